The van der Waals surface area contributed by atoms with E-state index in [1.165, 1.54) is 17.0 Å². The molecule has 0 unspecified atom stereocenters. The van der Waals surface area contributed by atoms with Crippen LogP contribution in [-0.4, -0.2) is 96.9 Å². The second-order valence-corrected chi connectivity index (χ2v) is 18.9. The smallest absolute Gasteiger partial charge is 0.408 e. The van der Waals surface area contributed by atoms with E-state index >= 15 is 0 Å². The Labute approximate surface area is 316 Å². The molecular weight excluding hydrogens is 721 g/mol. The van der Waals surface area contributed by atoms with Gasteiger partial charge in [0.2, 0.25) is 21.8 Å². The number of esters is 1. The number of amides is 4. The van der Waals surface area contributed by atoms with Crippen LogP contribution in [0.5, 0.6) is 11.5 Å². The quantitative estimate of drug-likeness (QED) is 0.284. The van der Waals surface area contributed by atoms with Gasteiger partial charge in [-0.25, -0.2) is 18.0 Å². The average Bonchev–Trinajstić information content (AvgIpc) is 3.97. The van der Waals surface area contributed by atoms with E-state index in [0.717, 1.165) is 6.42 Å². The zero-order valence-electron chi connectivity index (χ0n) is 31.8. The van der Waals surface area contributed by atoms with Crippen LogP contribution >= 0.6 is 0 Å². The monoisotopic (exact) mass is 772 g/mol. The highest BCUT2D eigenvalue weighted by atomic mass is 32.2. The molecule has 1 aromatic rings. The van der Waals surface area contributed by atoms with Crippen LogP contribution in [0.2, 0.25) is 0 Å². The molecule has 1 saturated heterocycles. The number of hydrogen-bond donors (Lipinski definition) is 3. The van der Waals surface area contributed by atoms with Gasteiger partial charge in [0.15, 0.2) is 11.5 Å². The number of sulfonamides is 1. The minimum Gasteiger partial charge on any atom is -0.486 e. The van der Waals surface area contributed by atoms with Gasteiger partial charge in [-0.3, -0.25) is 19.1 Å². The van der Waals surface area contributed by atoms with E-state index in [4.69, 9.17) is 18.9 Å². The summed E-state index contributed by atoms with van der Waals surface area (Å²) in [5, 5.41) is 5.58. The molecule has 2 aliphatic carbocycles. The number of allylic oxidation sites excluding steroid dienone is 1. The Balaban J connectivity index is 1.31. The molecule has 0 radical (unpaired) electrons. The molecular formula is C38H52N4O11S. The van der Waals surface area contributed by atoms with Gasteiger partial charge < -0.3 is 34.5 Å². The predicted molar refractivity (Wildman–Crippen MR) is 195 cm³/mol. The molecule has 2 saturated carbocycles. The number of nitrogens with zero attached hydrogens (tertiary/aromatic N) is 1. The van der Waals surface area contributed by atoms with Gasteiger partial charge in [0.1, 0.15) is 42.5 Å². The van der Waals surface area contributed by atoms with Gasteiger partial charge in [0.25, 0.3) is 5.91 Å². The van der Waals surface area contributed by atoms with Crippen LogP contribution in [0, 0.1) is 17.8 Å². The van der Waals surface area contributed by atoms with Gasteiger partial charge in [-0.05, 0) is 96.3 Å². The Kier molecular flexibility index (Phi) is 10.7. The first-order valence-corrected chi connectivity index (χ1v) is 20.3. The fraction of sp³-hybridized carbons (Fsp3) is 0.658. The van der Waals surface area contributed by atoms with E-state index in [2.05, 4.69) is 15.4 Å². The summed E-state index contributed by atoms with van der Waals surface area (Å²) in [4.78, 5) is 70.7. The number of nitrogens with one attached hydrogen (secondary N) is 3. The molecule has 4 amide bonds. The first kappa shape index (κ1) is 39.4. The van der Waals surface area contributed by atoms with Crippen LogP contribution in [0.25, 0.3) is 0 Å². The Morgan fingerprint density at radius 3 is 2.43 bits per heavy atom. The predicted octanol–water partition coefficient (Wildman–Crippen LogP) is 3.36. The maximum Gasteiger partial charge on any atom is 0.408 e. The minimum absolute atomic E-state index is 0.119. The maximum absolute atomic E-state index is 14.6. The van der Waals surface area contributed by atoms with Crippen molar-refractivity contribution in [3.05, 3.63) is 35.9 Å². The lowest BCUT2D eigenvalue weighted by molar-refractivity contribution is -0.142. The number of hydrogen-bond acceptors (Lipinski definition) is 11. The Bertz CT molecular complexity index is 1820. The molecule has 296 valence electrons. The molecule has 16 heteroatoms. The van der Waals surface area contributed by atoms with E-state index in [-0.39, 0.29) is 30.9 Å². The van der Waals surface area contributed by atoms with Crippen LogP contribution in [0.1, 0.15) is 96.8 Å². The summed E-state index contributed by atoms with van der Waals surface area (Å²) in [6.07, 6.45) is 4.83. The highest BCUT2D eigenvalue weighted by Crippen LogP contribution is 2.47. The number of fused-ring (bicyclic) bond motifs is 3. The number of alkyl carbamates (subject to hydrolysis) is 1. The number of carbonyl (C=O) groups is 5. The summed E-state index contributed by atoms with van der Waals surface area (Å²) >= 11 is 0. The molecule has 3 aliphatic heterocycles. The van der Waals surface area contributed by atoms with Gasteiger partial charge in [0.05, 0.1) is 16.9 Å². The normalized spacial score (nSPS) is 31.3. The summed E-state index contributed by atoms with van der Waals surface area (Å²) in [6, 6.07) is 2.29. The fourth-order valence-electron chi connectivity index (χ4n) is 7.42. The van der Waals surface area contributed by atoms with Crippen molar-refractivity contribution in [1.82, 2.24) is 20.3 Å². The Morgan fingerprint density at radius 1 is 1.04 bits per heavy atom. The molecule has 3 heterocycles. The number of rotatable bonds is 6. The van der Waals surface area contributed by atoms with Crippen molar-refractivity contribution in [2.24, 2.45) is 17.8 Å². The van der Waals surface area contributed by atoms with E-state index in [1.807, 2.05) is 26.0 Å². The van der Waals surface area contributed by atoms with E-state index in [1.54, 1.807) is 33.8 Å². The van der Waals surface area contributed by atoms with Crippen molar-refractivity contribution in [2.45, 2.75) is 121 Å². The summed E-state index contributed by atoms with van der Waals surface area (Å²) in [5.41, 5.74) is -2.24. The van der Waals surface area contributed by atoms with E-state index in [9.17, 15) is 32.4 Å². The van der Waals surface area contributed by atoms with Crippen molar-refractivity contribution < 1.29 is 51.3 Å². The third-order valence-corrected chi connectivity index (χ3v) is 13.1. The van der Waals surface area contributed by atoms with Gasteiger partial charge in [-0.1, -0.05) is 26.0 Å². The van der Waals surface area contributed by atoms with Crippen LogP contribution < -0.4 is 24.8 Å². The van der Waals surface area contributed by atoms with Crippen molar-refractivity contribution in [3.8, 4) is 11.5 Å². The SMILES string of the molecule is C[C@H]1CC/C=C\[C@@H]2C[C@@]2(C(=O)NS(=O)(=O)C2(C)CC2)NC(=O)[C@@H]2C[C@@H](OC(=O)c3ccc4c(c3)OCCO4)CN2C(=O)[C@@H](NC(=O)OC(C)(C)C)[C@H](C)C1. The van der Waals surface area contributed by atoms with Gasteiger partial charge >= 0.3 is 12.1 Å². The third-order valence-electron chi connectivity index (χ3n) is 11.0. The molecule has 0 aromatic heterocycles. The molecule has 1 aromatic carbocycles. The zero-order chi connectivity index (χ0) is 39.2. The summed E-state index contributed by atoms with van der Waals surface area (Å²) < 4.78 is 50.0. The lowest BCUT2D eigenvalue weighted by Gasteiger charge is -2.33. The topological polar surface area (TPSA) is 196 Å². The standard InChI is InChI=1S/C38H52N4O11S/c1-22-9-7-8-10-25-20-38(25,34(46)41-54(48,49)37(6)13-14-37)40-31(43)27-19-26(52-33(45)24-11-12-28-29(18-24)51-16-15-50-28)21-42(27)32(44)30(23(2)17-22)39-35(47)53-36(3,4)5/h8,10-12,18,22-23,25-27,30H,7,9,13-17,19-21H2,1-6H3,(H,39,47)(H,40,43)(H,41,46)/b10-8-/t22-,23+,25+,26+,27-,30-,38+/m0/s1. The van der Waals surface area contributed by atoms with Crippen molar-refractivity contribution in [1.29, 1.82) is 0 Å². The van der Waals surface area contributed by atoms with E-state index < -0.39 is 85.7 Å². The van der Waals surface area contributed by atoms with Crippen LogP contribution in [0.3, 0.4) is 0 Å². The van der Waals surface area contributed by atoms with Gasteiger partial charge in [-0.2, -0.15) is 0 Å². The highest BCUT2D eigenvalue weighted by Gasteiger charge is 2.63. The maximum atomic E-state index is 14.6. The molecule has 15 nitrogen and oxygen atoms in total. The second-order valence-electron chi connectivity index (χ2n) is 16.7. The third kappa shape index (κ3) is 8.47. The minimum atomic E-state index is -4.02. The molecule has 7 atom stereocenters. The van der Waals surface area contributed by atoms with E-state index in [0.29, 0.717) is 50.4 Å². The second kappa shape index (κ2) is 14.7. The van der Waals surface area contributed by atoms with Crippen LogP contribution in [0.4, 0.5) is 4.79 Å². The number of ether oxygens (including phenoxy) is 4. The fourth-order valence-corrected chi connectivity index (χ4v) is 8.73. The molecule has 3 fully saturated rings. The summed E-state index contributed by atoms with van der Waals surface area (Å²) in [6.45, 7) is 11.1. The lowest BCUT2D eigenvalue weighted by atomic mass is 9.88. The number of carbonyl (C=O) groups excluding carboxylic acids is 5. The molecule has 0 spiro atoms. The molecule has 54 heavy (non-hydrogen) atoms. The molecule has 3 N–H and O–H groups in total. The first-order chi connectivity index (χ1) is 25.3. The number of benzene rings is 1. The summed E-state index contributed by atoms with van der Waals surface area (Å²) in [7, 11) is -4.02. The van der Waals surface area contributed by atoms with Crippen LogP contribution in [0.15, 0.2) is 30.4 Å². The average molecular weight is 773 g/mol. The van der Waals surface area contributed by atoms with Crippen molar-refractivity contribution in [2.75, 3.05) is 19.8 Å². The Hall–Kier alpha value is -4.34. The highest BCUT2D eigenvalue weighted by molar-refractivity contribution is 7.91. The molecule has 0 bridgehead atoms. The van der Waals surface area contributed by atoms with Crippen molar-refractivity contribution in [3.63, 3.8) is 0 Å². The van der Waals surface area contributed by atoms with Crippen molar-refractivity contribution >= 4 is 39.8 Å². The summed E-state index contributed by atoms with van der Waals surface area (Å²) in [5.74, 6) is -2.73. The Morgan fingerprint density at radius 2 is 1.74 bits per heavy atom. The molecule has 5 aliphatic rings. The zero-order valence-corrected chi connectivity index (χ0v) is 32.6. The largest absolute Gasteiger partial charge is 0.486 e. The lowest BCUT2D eigenvalue weighted by Crippen LogP contribution is -2.59. The molecule has 6 rings (SSSR count). The van der Waals surface area contributed by atoms with Crippen LogP contribution in [-0.2, 0) is 33.9 Å². The van der Waals surface area contributed by atoms with Gasteiger partial charge in [-0.15, -0.1) is 0 Å². The first-order valence-electron chi connectivity index (χ1n) is 18.8. The van der Waals surface area contributed by atoms with Gasteiger partial charge in [0, 0.05) is 12.3 Å².